The topological polar surface area (TPSA) is 49.3 Å². The summed E-state index contributed by atoms with van der Waals surface area (Å²) in [6, 6.07) is 7.70. The first-order chi connectivity index (χ1) is 6.83. The molecule has 2 rings (SSSR count). The average Bonchev–Trinajstić information content (AvgIpc) is 2.54. The third-order valence-electron chi connectivity index (χ3n) is 2.54. The molecule has 3 nitrogen and oxygen atoms in total. The molecule has 1 atom stereocenters. The average molecular weight is 191 g/mol. The molecular weight excluding hydrogens is 178 g/mol. The number of fused-ring (bicyclic) bond motifs is 1. The predicted molar refractivity (Wildman–Crippen MR) is 53.0 cm³/mol. The maximum atomic E-state index is 11.5. The Balaban J connectivity index is 2.21. The number of hydrogen-bond donors (Lipinski definition) is 2. The van der Waals surface area contributed by atoms with E-state index in [4.69, 9.17) is 5.11 Å². The Labute approximate surface area is 82.8 Å². The number of nitrogens with one attached hydrogen (secondary N) is 1. The Morgan fingerprint density at radius 3 is 2.93 bits per heavy atom. The van der Waals surface area contributed by atoms with Gasteiger partial charge in [-0.15, -0.1) is 0 Å². The molecule has 0 saturated heterocycles. The van der Waals surface area contributed by atoms with E-state index in [1.54, 1.807) is 0 Å². The smallest absolute Gasteiger partial charge is 0.252 e. The summed E-state index contributed by atoms with van der Waals surface area (Å²) in [6.07, 6.45) is 1.53. The molecule has 0 aromatic heterocycles. The lowest BCUT2D eigenvalue weighted by molar-refractivity contribution is 0.0953. The summed E-state index contributed by atoms with van der Waals surface area (Å²) in [5.41, 5.74) is 1.83. The van der Waals surface area contributed by atoms with Gasteiger partial charge in [0, 0.05) is 12.2 Å². The van der Waals surface area contributed by atoms with E-state index in [0.29, 0.717) is 0 Å². The molecule has 3 heteroatoms. The van der Waals surface area contributed by atoms with Gasteiger partial charge in [0.2, 0.25) is 0 Å². The summed E-state index contributed by atoms with van der Waals surface area (Å²) >= 11 is 0. The predicted octanol–water partition coefficient (Wildman–Crippen LogP) is 1.24. The van der Waals surface area contributed by atoms with Gasteiger partial charge < -0.3 is 10.4 Å². The van der Waals surface area contributed by atoms with Crippen LogP contribution >= 0.6 is 0 Å². The highest BCUT2D eigenvalue weighted by molar-refractivity contribution is 5.99. The lowest BCUT2D eigenvalue weighted by Crippen LogP contribution is -2.19. The van der Waals surface area contributed by atoms with Crippen molar-refractivity contribution >= 4 is 5.91 Å². The maximum Gasteiger partial charge on any atom is 0.252 e. The van der Waals surface area contributed by atoms with Gasteiger partial charge in [-0.3, -0.25) is 4.79 Å². The molecule has 1 unspecified atom stereocenters. The lowest BCUT2D eigenvalue weighted by Gasteiger charge is -2.09. The first-order valence-electron chi connectivity index (χ1n) is 4.83. The van der Waals surface area contributed by atoms with Crippen molar-refractivity contribution in [3.63, 3.8) is 0 Å². The molecule has 74 valence electrons. The number of aliphatic hydroxyl groups excluding tert-OH is 1. The monoisotopic (exact) mass is 191 g/mol. The Hall–Kier alpha value is -1.35. The highest BCUT2D eigenvalue weighted by Crippen LogP contribution is 2.27. The lowest BCUT2D eigenvalue weighted by atomic mass is 10.0. The van der Waals surface area contributed by atoms with Crippen LogP contribution in [0.4, 0.5) is 0 Å². The van der Waals surface area contributed by atoms with Crippen molar-refractivity contribution in [1.29, 1.82) is 0 Å². The second kappa shape index (κ2) is 3.80. The molecule has 0 radical (unpaired) electrons. The molecule has 1 aliphatic rings. The maximum absolute atomic E-state index is 11.5. The van der Waals surface area contributed by atoms with Gasteiger partial charge in [-0.05, 0) is 24.5 Å². The third kappa shape index (κ3) is 1.51. The van der Waals surface area contributed by atoms with E-state index >= 15 is 0 Å². The van der Waals surface area contributed by atoms with E-state index in [1.807, 2.05) is 24.3 Å². The van der Waals surface area contributed by atoms with Crippen LogP contribution in [-0.4, -0.2) is 17.6 Å². The van der Waals surface area contributed by atoms with Crippen LogP contribution in [0.3, 0.4) is 0 Å². The van der Waals surface area contributed by atoms with Crippen molar-refractivity contribution in [2.24, 2.45) is 0 Å². The molecule has 0 fully saturated rings. The van der Waals surface area contributed by atoms with E-state index < -0.39 is 0 Å². The van der Waals surface area contributed by atoms with Gasteiger partial charge in [-0.1, -0.05) is 18.2 Å². The third-order valence-corrected chi connectivity index (χ3v) is 2.54. The normalized spacial score (nSPS) is 19.2. The molecule has 14 heavy (non-hydrogen) atoms. The molecule has 0 aliphatic carbocycles. The minimum absolute atomic E-state index is 0.00328. The van der Waals surface area contributed by atoms with E-state index in [-0.39, 0.29) is 18.6 Å². The number of carbonyl (C=O) groups is 1. The second-order valence-electron chi connectivity index (χ2n) is 3.48. The van der Waals surface area contributed by atoms with Crippen molar-refractivity contribution in [2.45, 2.75) is 18.9 Å². The SMILES string of the molecule is O=C1NC(CCCO)c2ccccc21. The Morgan fingerprint density at radius 1 is 1.36 bits per heavy atom. The summed E-state index contributed by atoms with van der Waals surface area (Å²) in [7, 11) is 0. The van der Waals surface area contributed by atoms with Crippen LogP contribution in [0.2, 0.25) is 0 Å². The zero-order valence-corrected chi connectivity index (χ0v) is 7.86. The largest absolute Gasteiger partial charge is 0.396 e. The fraction of sp³-hybridized carbons (Fsp3) is 0.364. The Morgan fingerprint density at radius 2 is 2.14 bits per heavy atom. The van der Waals surface area contributed by atoms with Crippen molar-refractivity contribution in [1.82, 2.24) is 5.32 Å². The zero-order valence-electron chi connectivity index (χ0n) is 7.86. The highest BCUT2D eigenvalue weighted by Gasteiger charge is 2.26. The number of rotatable bonds is 3. The van der Waals surface area contributed by atoms with Crippen molar-refractivity contribution in [3.05, 3.63) is 35.4 Å². The minimum Gasteiger partial charge on any atom is -0.396 e. The van der Waals surface area contributed by atoms with Crippen LogP contribution in [-0.2, 0) is 0 Å². The fourth-order valence-corrected chi connectivity index (χ4v) is 1.84. The van der Waals surface area contributed by atoms with Crippen molar-refractivity contribution in [3.8, 4) is 0 Å². The molecule has 2 N–H and O–H groups in total. The first-order valence-corrected chi connectivity index (χ1v) is 4.83. The summed E-state index contributed by atoms with van der Waals surface area (Å²) in [5.74, 6) is 0.00328. The molecule has 0 bridgehead atoms. The van der Waals surface area contributed by atoms with Crippen LogP contribution in [0.15, 0.2) is 24.3 Å². The summed E-state index contributed by atoms with van der Waals surface area (Å²) in [4.78, 5) is 11.5. The van der Waals surface area contributed by atoms with Gasteiger partial charge in [-0.2, -0.15) is 0 Å². The van der Waals surface area contributed by atoms with Crippen LogP contribution in [0.5, 0.6) is 0 Å². The van der Waals surface area contributed by atoms with E-state index in [2.05, 4.69) is 5.32 Å². The molecule has 1 heterocycles. The van der Waals surface area contributed by atoms with Gasteiger partial charge in [0.05, 0.1) is 6.04 Å². The summed E-state index contributed by atoms with van der Waals surface area (Å²) < 4.78 is 0. The standard InChI is InChI=1S/C11H13NO2/c13-7-3-6-10-8-4-1-2-5-9(8)11(14)12-10/h1-2,4-5,10,13H,3,6-7H2,(H,12,14). The van der Waals surface area contributed by atoms with Gasteiger partial charge in [0.1, 0.15) is 0 Å². The summed E-state index contributed by atoms with van der Waals surface area (Å²) in [5, 5.41) is 11.6. The second-order valence-corrected chi connectivity index (χ2v) is 3.48. The number of amides is 1. The van der Waals surface area contributed by atoms with E-state index in [1.165, 1.54) is 0 Å². The van der Waals surface area contributed by atoms with Gasteiger partial charge >= 0.3 is 0 Å². The van der Waals surface area contributed by atoms with Crippen LogP contribution in [0, 0.1) is 0 Å². The van der Waals surface area contributed by atoms with Gasteiger partial charge in [-0.25, -0.2) is 0 Å². The van der Waals surface area contributed by atoms with E-state index in [9.17, 15) is 4.79 Å². The van der Waals surface area contributed by atoms with Gasteiger partial charge in [0.15, 0.2) is 0 Å². The van der Waals surface area contributed by atoms with Crippen LogP contribution in [0.25, 0.3) is 0 Å². The number of benzene rings is 1. The minimum atomic E-state index is 0.00328. The molecular formula is C11H13NO2. The molecule has 1 aliphatic heterocycles. The molecule has 1 amide bonds. The van der Waals surface area contributed by atoms with E-state index in [0.717, 1.165) is 24.0 Å². The molecule has 1 aromatic carbocycles. The Kier molecular flexibility index (Phi) is 2.50. The number of aliphatic hydroxyl groups is 1. The van der Waals surface area contributed by atoms with Crippen molar-refractivity contribution < 1.29 is 9.90 Å². The molecule has 0 saturated carbocycles. The number of hydrogen-bond acceptors (Lipinski definition) is 2. The van der Waals surface area contributed by atoms with Crippen LogP contribution < -0.4 is 5.32 Å². The van der Waals surface area contributed by atoms with Gasteiger partial charge in [0.25, 0.3) is 5.91 Å². The summed E-state index contributed by atoms with van der Waals surface area (Å²) in [6.45, 7) is 0.175. The van der Waals surface area contributed by atoms with Crippen LogP contribution in [0.1, 0.15) is 34.8 Å². The molecule has 0 spiro atoms. The fourth-order valence-electron chi connectivity index (χ4n) is 1.84. The molecule has 1 aromatic rings. The number of carbonyl (C=O) groups excluding carboxylic acids is 1. The quantitative estimate of drug-likeness (QED) is 0.755. The Bertz CT molecular complexity index is 349. The van der Waals surface area contributed by atoms with Crippen molar-refractivity contribution in [2.75, 3.05) is 6.61 Å². The first kappa shape index (κ1) is 9.21. The zero-order chi connectivity index (χ0) is 9.97. The highest BCUT2D eigenvalue weighted by atomic mass is 16.3.